The largest absolute Gasteiger partial charge is 0.384 e. The van der Waals surface area contributed by atoms with Gasteiger partial charge < -0.3 is 19.1 Å². The molecule has 4 rings (SSSR count). The smallest absolute Gasteiger partial charge is 0.251 e. The molecule has 1 aliphatic heterocycles. The Hall–Kier alpha value is -2.02. The van der Waals surface area contributed by atoms with Crippen molar-refractivity contribution in [2.45, 2.75) is 50.5 Å². The first-order chi connectivity index (χ1) is 12.5. The summed E-state index contributed by atoms with van der Waals surface area (Å²) >= 11 is 0. The SMILES string of the molecule is CCn1ccc(-c2ccc(C3(O)CCC4(CC3)OCCO4)nc2)cc1=O. The molecule has 0 atom stereocenters. The van der Waals surface area contributed by atoms with Gasteiger partial charge in [0.2, 0.25) is 0 Å². The van der Waals surface area contributed by atoms with Crippen molar-refractivity contribution in [3.05, 3.63) is 52.7 Å². The molecular formula is C20H24N2O4. The van der Waals surface area contributed by atoms with Crippen LogP contribution in [0, 0.1) is 0 Å². The van der Waals surface area contributed by atoms with E-state index in [2.05, 4.69) is 4.98 Å². The maximum atomic E-state index is 12.0. The molecule has 0 aromatic carbocycles. The fourth-order valence-corrected chi connectivity index (χ4v) is 3.87. The minimum absolute atomic E-state index is 0.0261. The maximum Gasteiger partial charge on any atom is 0.251 e. The number of nitrogens with zero attached hydrogens (tertiary/aromatic N) is 2. The molecule has 0 bridgehead atoms. The molecule has 2 aromatic rings. The zero-order chi connectivity index (χ0) is 18.2. The van der Waals surface area contributed by atoms with Crippen molar-refractivity contribution in [2.24, 2.45) is 0 Å². The van der Waals surface area contributed by atoms with Crippen molar-refractivity contribution in [1.29, 1.82) is 0 Å². The van der Waals surface area contributed by atoms with E-state index in [-0.39, 0.29) is 5.56 Å². The third kappa shape index (κ3) is 3.09. The molecule has 1 saturated carbocycles. The second-order valence-corrected chi connectivity index (χ2v) is 7.11. The van der Waals surface area contributed by atoms with Crippen molar-refractivity contribution < 1.29 is 14.6 Å². The number of hydrogen-bond donors (Lipinski definition) is 1. The zero-order valence-electron chi connectivity index (χ0n) is 15.0. The minimum Gasteiger partial charge on any atom is -0.384 e. The lowest BCUT2D eigenvalue weighted by Crippen LogP contribution is -2.42. The summed E-state index contributed by atoms with van der Waals surface area (Å²) in [6, 6.07) is 7.30. The Bertz CT molecular complexity index is 828. The first-order valence-corrected chi connectivity index (χ1v) is 9.21. The number of rotatable bonds is 3. The van der Waals surface area contributed by atoms with Crippen LogP contribution in [0.2, 0.25) is 0 Å². The lowest BCUT2D eigenvalue weighted by molar-refractivity contribution is -0.204. The first-order valence-electron chi connectivity index (χ1n) is 9.21. The molecule has 1 saturated heterocycles. The van der Waals surface area contributed by atoms with Crippen LogP contribution in [0.3, 0.4) is 0 Å². The normalized spacial score (nSPS) is 21.2. The van der Waals surface area contributed by atoms with E-state index in [1.54, 1.807) is 23.0 Å². The molecule has 2 aromatic heterocycles. The van der Waals surface area contributed by atoms with Crippen LogP contribution < -0.4 is 5.56 Å². The van der Waals surface area contributed by atoms with Crippen molar-refractivity contribution >= 4 is 0 Å². The van der Waals surface area contributed by atoms with Gasteiger partial charge in [-0.3, -0.25) is 9.78 Å². The lowest BCUT2D eigenvalue weighted by Gasteiger charge is -2.40. The molecule has 2 fully saturated rings. The van der Waals surface area contributed by atoms with E-state index in [4.69, 9.17) is 9.47 Å². The van der Waals surface area contributed by atoms with E-state index in [1.807, 2.05) is 25.1 Å². The van der Waals surface area contributed by atoms with Gasteiger partial charge in [0.15, 0.2) is 5.79 Å². The molecule has 1 spiro atoms. The highest BCUT2D eigenvalue weighted by Gasteiger charge is 2.46. The van der Waals surface area contributed by atoms with Crippen molar-refractivity contribution in [3.63, 3.8) is 0 Å². The fourth-order valence-electron chi connectivity index (χ4n) is 3.87. The van der Waals surface area contributed by atoms with E-state index >= 15 is 0 Å². The summed E-state index contributed by atoms with van der Waals surface area (Å²) in [6.07, 6.45) is 5.98. The number of aromatic nitrogens is 2. The van der Waals surface area contributed by atoms with E-state index < -0.39 is 11.4 Å². The number of ether oxygens (including phenoxy) is 2. The molecule has 2 aliphatic rings. The molecule has 0 unspecified atom stereocenters. The summed E-state index contributed by atoms with van der Waals surface area (Å²) in [5, 5.41) is 11.0. The Kier molecular flexibility index (Phi) is 4.42. The fraction of sp³-hybridized carbons (Fsp3) is 0.500. The summed E-state index contributed by atoms with van der Waals surface area (Å²) in [7, 11) is 0. The Labute approximate surface area is 152 Å². The molecular weight excluding hydrogens is 332 g/mol. The summed E-state index contributed by atoms with van der Waals surface area (Å²) in [6.45, 7) is 3.84. The molecule has 26 heavy (non-hydrogen) atoms. The molecule has 0 amide bonds. The van der Waals surface area contributed by atoms with Gasteiger partial charge in [0.1, 0.15) is 5.60 Å². The molecule has 138 valence electrons. The van der Waals surface area contributed by atoms with Gasteiger partial charge in [-0.25, -0.2) is 0 Å². The number of hydrogen-bond acceptors (Lipinski definition) is 5. The first kappa shape index (κ1) is 17.4. The van der Waals surface area contributed by atoms with E-state index in [0.29, 0.717) is 51.1 Å². The molecule has 6 nitrogen and oxygen atoms in total. The van der Waals surface area contributed by atoms with Crippen LogP contribution in [0.1, 0.15) is 38.3 Å². The maximum absolute atomic E-state index is 12.0. The third-order valence-corrected chi connectivity index (χ3v) is 5.56. The molecule has 3 heterocycles. The van der Waals surface area contributed by atoms with Crippen LogP contribution in [0.25, 0.3) is 11.1 Å². The highest BCUT2D eigenvalue weighted by atomic mass is 16.7. The van der Waals surface area contributed by atoms with Crippen molar-refractivity contribution in [3.8, 4) is 11.1 Å². The Morgan fingerprint density at radius 3 is 2.42 bits per heavy atom. The number of aryl methyl sites for hydroxylation is 1. The number of pyridine rings is 2. The standard InChI is InChI=1S/C20H24N2O4/c1-2-22-10-5-15(13-18(22)23)16-3-4-17(21-14-16)19(24)6-8-20(9-7-19)25-11-12-26-20/h3-5,10,13-14,24H,2,6-9,11-12H2,1H3. The summed E-state index contributed by atoms with van der Waals surface area (Å²) in [5.74, 6) is -0.505. The van der Waals surface area contributed by atoms with Crippen molar-refractivity contribution in [1.82, 2.24) is 9.55 Å². The van der Waals surface area contributed by atoms with Gasteiger partial charge in [0.05, 0.1) is 18.9 Å². The Balaban J connectivity index is 1.52. The van der Waals surface area contributed by atoms with Crippen LogP contribution >= 0.6 is 0 Å². The van der Waals surface area contributed by atoms with Crippen LogP contribution in [-0.4, -0.2) is 33.7 Å². The summed E-state index contributed by atoms with van der Waals surface area (Å²) in [4.78, 5) is 16.5. The summed E-state index contributed by atoms with van der Waals surface area (Å²) < 4.78 is 13.1. The molecule has 0 radical (unpaired) electrons. The predicted octanol–water partition coefficient (Wildman–Crippen LogP) is 2.43. The van der Waals surface area contributed by atoms with Gasteiger partial charge in [0.25, 0.3) is 5.56 Å². The summed E-state index contributed by atoms with van der Waals surface area (Å²) in [5.41, 5.74) is 1.39. The Morgan fingerprint density at radius 2 is 1.85 bits per heavy atom. The predicted molar refractivity (Wildman–Crippen MR) is 96.6 cm³/mol. The highest BCUT2D eigenvalue weighted by Crippen LogP contribution is 2.44. The van der Waals surface area contributed by atoms with Gasteiger partial charge in [-0.05, 0) is 37.5 Å². The second-order valence-electron chi connectivity index (χ2n) is 7.11. The lowest BCUT2D eigenvalue weighted by atomic mass is 9.79. The van der Waals surface area contributed by atoms with Gasteiger partial charge in [0, 0.05) is 43.4 Å². The third-order valence-electron chi connectivity index (χ3n) is 5.56. The zero-order valence-corrected chi connectivity index (χ0v) is 15.0. The van der Waals surface area contributed by atoms with Gasteiger partial charge in [-0.2, -0.15) is 0 Å². The molecule has 6 heteroatoms. The molecule has 1 aliphatic carbocycles. The van der Waals surface area contributed by atoms with E-state index in [9.17, 15) is 9.90 Å². The van der Waals surface area contributed by atoms with Gasteiger partial charge in [-0.15, -0.1) is 0 Å². The van der Waals surface area contributed by atoms with Gasteiger partial charge in [-0.1, -0.05) is 6.07 Å². The van der Waals surface area contributed by atoms with Crippen LogP contribution in [0.15, 0.2) is 41.5 Å². The van der Waals surface area contributed by atoms with E-state index in [0.717, 1.165) is 11.1 Å². The van der Waals surface area contributed by atoms with E-state index in [1.165, 1.54) is 0 Å². The topological polar surface area (TPSA) is 73.6 Å². The Morgan fingerprint density at radius 1 is 1.12 bits per heavy atom. The quantitative estimate of drug-likeness (QED) is 0.914. The molecule has 1 N–H and O–H groups in total. The average molecular weight is 356 g/mol. The average Bonchev–Trinajstić information content (AvgIpc) is 3.13. The minimum atomic E-state index is -0.954. The number of aliphatic hydroxyl groups is 1. The van der Waals surface area contributed by atoms with Crippen LogP contribution in [-0.2, 0) is 21.6 Å². The van der Waals surface area contributed by atoms with Crippen LogP contribution in [0.5, 0.6) is 0 Å². The van der Waals surface area contributed by atoms with Gasteiger partial charge >= 0.3 is 0 Å². The van der Waals surface area contributed by atoms with Crippen LogP contribution in [0.4, 0.5) is 0 Å². The monoisotopic (exact) mass is 356 g/mol. The van der Waals surface area contributed by atoms with Crippen molar-refractivity contribution in [2.75, 3.05) is 13.2 Å². The highest BCUT2D eigenvalue weighted by molar-refractivity contribution is 5.61. The second kappa shape index (κ2) is 6.61.